The summed E-state index contributed by atoms with van der Waals surface area (Å²) in [5.74, 6) is 0.716. The van der Waals surface area contributed by atoms with Crippen molar-refractivity contribution in [3.8, 4) is 17.3 Å². The van der Waals surface area contributed by atoms with Crippen LogP contribution in [0.3, 0.4) is 0 Å². The summed E-state index contributed by atoms with van der Waals surface area (Å²) in [6, 6.07) is 21.1. The van der Waals surface area contributed by atoms with E-state index in [2.05, 4.69) is 26.5 Å². The van der Waals surface area contributed by atoms with Gasteiger partial charge in [-0.05, 0) is 43.3 Å². The van der Waals surface area contributed by atoms with Gasteiger partial charge in [-0.1, -0.05) is 36.4 Å². The number of carbonyl (C=O) groups excluding carboxylic acids is 1. The van der Waals surface area contributed by atoms with Gasteiger partial charge in [-0.2, -0.15) is 18.4 Å². The number of hydrogen-bond donors (Lipinski definition) is 1. The number of piperazine rings is 1. The molecule has 1 atom stereocenters. The van der Waals surface area contributed by atoms with Crippen LogP contribution in [0, 0.1) is 11.3 Å². The molecule has 0 aliphatic carbocycles. The van der Waals surface area contributed by atoms with Crippen molar-refractivity contribution in [2.75, 3.05) is 29.9 Å². The van der Waals surface area contributed by atoms with Crippen LogP contribution in [-0.4, -0.2) is 46.8 Å². The molecule has 200 valence electrons. The zero-order valence-corrected chi connectivity index (χ0v) is 21.6. The van der Waals surface area contributed by atoms with E-state index in [-0.39, 0.29) is 24.5 Å². The number of aromatic nitrogens is 2. The summed E-state index contributed by atoms with van der Waals surface area (Å²) in [5.41, 5.74) is 1.68. The number of hydrogen-bond acceptors (Lipinski definition) is 5. The Balaban J connectivity index is 0.00000353. The number of nitrogens with one attached hydrogen (secondary N) is 1. The summed E-state index contributed by atoms with van der Waals surface area (Å²) >= 11 is 0. The van der Waals surface area contributed by atoms with E-state index in [1.807, 2.05) is 43.3 Å². The fourth-order valence-electron chi connectivity index (χ4n) is 4.62. The number of nitriles is 1. The van der Waals surface area contributed by atoms with Gasteiger partial charge in [0.05, 0.1) is 17.2 Å². The van der Waals surface area contributed by atoms with E-state index in [0.29, 0.717) is 36.7 Å². The first kappa shape index (κ1) is 27.7. The van der Waals surface area contributed by atoms with Crippen molar-refractivity contribution >= 4 is 40.7 Å². The maximum atomic E-state index is 12.8. The van der Waals surface area contributed by atoms with Crippen molar-refractivity contribution in [1.29, 1.82) is 5.26 Å². The molecule has 0 bridgehead atoms. The summed E-state index contributed by atoms with van der Waals surface area (Å²) < 4.78 is 38.4. The molecule has 1 N–H and O–H groups in total. The Morgan fingerprint density at radius 1 is 0.974 bits per heavy atom. The summed E-state index contributed by atoms with van der Waals surface area (Å²) in [7, 11) is 0. The van der Waals surface area contributed by atoms with Crippen molar-refractivity contribution in [1.82, 2.24) is 15.1 Å². The average molecular weight is 553 g/mol. The third kappa shape index (κ3) is 5.73. The molecular formula is C28H24ClF3N6O. The highest BCUT2D eigenvalue weighted by molar-refractivity contribution is 6.00. The number of nitrogens with zero attached hydrogens (tertiary/aromatic N) is 5. The van der Waals surface area contributed by atoms with E-state index in [9.17, 15) is 18.0 Å². The van der Waals surface area contributed by atoms with Crippen molar-refractivity contribution in [2.24, 2.45) is 0 Å². The van der Waals surface area contributed by atoms with Gasteiger partial charge >= 0.3 is 12.2 Å². The second-order valence-corrected chi connectivity index (χ2v) is 9.10. The van der Waals surface area contributed by atoms with E-state index in [4.69, 9.17) is 5.26 Å². The second kappa shape index (κ2) is 11.2. The molecule has 0 radical (unpaired) electrons. The minimum atomic E-state index is -4.43. The fraction of sp³-hybridized carbons (Fsp3) is 0.214. The molecule has 1 aromatic heterocycles. The number of benzene rings is 3. The van der Waals surface area contributed by atoms with Gasteiger partial charge in [0.1, 0.15) is 5.69 Å². The molecule has 7 nitrogen and oxygen atoms in total. The van der Waals surface area contributed by atoms with Crippen LogP contribution in [0.15, 0.2) is 72.8 Å². The number of carbonyl (C=O) groups is 1. The zero-order chi connectivity index (χ0) is 26.9. The number of fused-ring (bicyclic) bond motifs is 1. The molecule has 2 heterocycles. The molecule has 0 spiro atoms. The Morgan fingerprint density at radius 3 is 2.26 bits per heavy atom. The Morgan fingerprint density at radius 2 is 1.64 bits per heavy atom. The molecule has 3 aromatic carbocycles. The predicted octanol–water partition coefficient (Wildman–Crippen LogP) is 6.35. The lowest BCUT2D eigenvalue weighted by molar-refractivity contribution is -0.137. The summed E-state index contributed by atoms with van der Waals surface area (Å²) in [6.45, 7) is 3.31. The largest absolute Gasteiger partial charge is 0.416 e. The van der Waals surface area contributed by atoms with Crippen LogP contribution in [0.2, 0.25) is 0 Å². The van der Waals surface area contributed by atoms with Gasteiger partial charge in [0, 0.05) is 47.7 Å². The number of amides is 2. The molecule has 1 unspecified atom stereocenters. The zero-order valence-electron chi connectivity index (χ0n) is 20.8. The van der Waals surface area contributed by atoms with Crippen LogP contribution in [0.5, 0.6) is 0 Å². The lowest BCUT2D eigenvalue weighted by Crippen LogP contribution is -2.55. The van der Waals surface area contributed by atoms with Crippen molar-refractivity contribution in [2.45, 2.75) is 19.1 Å². The lowest BCUT2D eigenvalue weighted by Gasteiger charge is -2.40. The standard InChI is InChI=1S/C28H23F3N6O.ClH/c1-18-17-36(27(38)33-22-12-10-21(11-13-22)28(29,30)31)14-15-37(18)26-24-5-3-2-4-23(24)25(34-35-26)20-8-6-19(16-32)7-9-20;/h2-13,18H,14-15,17H2,1H3,(H,33,38);1H. The Bertz CT molecular complexity index is 1520. The predicted molar refractivity (Wildman–Crippen MR) is 146 cm³/mol. The Labute approximate surface area is 229 Å². The highest BCUT2D eigenvalue weighted by Gasteiger charge is 2.31. The van der Waals surface area contributed by atoms with Crippen molar-refractivity contribution in [3.05, 3.63) is 83.9 Å². The number of halogens is 4. The van der Waals surface area contributed by atoms with Gasteiger partial charge in [-0.15, -0.1) is 22.6 Å². The van der Waals surface area contributed by atoms with Gasteiger partial charge < -0.3 is 15.1 Å². The SMILES string of the molecule is CC1CN(C(=O)Nc2ccc(C(F)(F)F)cc2)CCN1c1nnc(-c2ccc(C#N)cc2)c2ccccc12.Cl. The van der Waals surface area contributed by atoms with E-state index in [1.54, 1.807) is 17.0 Å². The molecule has 0 saturated carbocycles. The molecule has 1 fully saturated rings. The maximum absolute atomic E-state index is 12.8. The summed E-state index contributed by atoms with van der Waals surface area (Å²) in [5, 5.41) is 22.7. The quantitative estimate of drug-likeness (QED) is 0.320. The molecule has 4 aromatic rings. The van der Waals surface area contributed by atoms with E-state index in [0.717, 1.165) is 34.2 Å². The van der Waals surface area contributed by atoms with Crippen LogP contribution in [0.4, 0.5) is 29.5 Å². The van der Waals surface area contributed by atoms with Crippen molar-refractivity contribution in [3.63, 3.8) is 0 Å². The second-order valence-electron chi connectivity index (χ2n) is 9.10. The van der Waals surface area contributed by atoms with E-state index >= 15 is 0 Å². The first-order valence-electron chi connectivity index (χ1n) is 12.0. The normalized spacial score (nSPS) is 15.4. The molecule has 1 aliphatic heterocycles. The number of rotatable bonds is 3. The van der Waals surface area contributed by atoms with Crippen molar-refractivity contribution < 1.29 is 18.0 Å². The minimum Gasteiger partial charge on any atom is -0.348 e. The highest BCUT2D eigenvalue weighted by atomic mass is 35.5. The van der Waals surface area contributed by atoms with Gasteiger partial charge in [-0.3, -0.25) is 0 Å². The first-order valence-corrected chi connectivity index (χ1v) is 12.0. The smallest absolute Gasteiger partial charge is 0.348 e. The van der Waals surface area contributed by atoms with Crippen LogP contribution < -0.4 is 10.2 Å². The monoisotopic (exact) mass is 552 g/mol. The number of anilines is 2. The number of urea groups is 1. The molecular weight excluding hydrogens is 529 g/mol. The third-order valence-corrected chi connectivity index (χ3v) is 6.61. The lowest BCUT2D eigenvalue weighted by atomic mass is 10.0. The molecule has 5 rings (SSSR count). The topological polar surface area (TPSA) is 85.2 Å². The fourth-order valence-corrected chi connectivity index (χ4v) is 4.62. The number of alkyl halides is 3. The molecule has 11 heteroatoms. The molecule has 1 aliphatic rings. The molecule has 2 amide bonds. The molecule has 39 heavy (non-hydrogen) atoms. The third-order valence-electron chi connectivity index (χ3n) is 6.61. The van der Waals surface area contributed by atoms with E-state index < -0.39 is 11.7 Å². The van der Waals surface area contributed by atoms with Crippen LogP contribution in [0.25, 0.3) is 22.0 Å². The average Bonchev–Trinajstić information content (AvgIpc) is 2.92. The summed E-state index contributed by atoms with van der Waals surface area (Å²) in [6.07, 6.45) is -4.43. The minimum absolute atomic E-state index is 0. The van der Waals surface area contributed by atoms with Gasteiger partial charge in [0.25, 0.3) is 0 Å². The van der Waals surface area contributed by atoms with Gasteiger partial charge in [0.15, 0.2) is 5.82 Å². The maximum Gasteiger partial charge on any atom is 0.416 e. The van der Waals surface area contributed by atoms with Crippen LogP contribution >= 0.6 is 12.4 Å². The molecule has 1 saturated heterocycles. The first-order chi connectivity index (χ1) is 18.2. The highest BCUT2D eigenvalue weighted by Crippen LogP contribution is 2.33. The van der Waals surface area contributed by atoms with Crippen LogP contribution in [-0.2, 0) is 6.18 Å². The Hall–Kier alpha value is -4.36. The Kier molecular flexibility index (Phi) is 7.93. The van der Waals surface area contributed by atoms with Gasteiger partial charge in [0.2, 0.25) is 0 Å². The van der Waals surface area contributed by atoms with Crippen LogP contribution in [0.1, 0.15) is 18.1 Å². The summed E-state index contributed by atoms with van der Waals surface area (Å²) in [4.78, 5) is 16.6. The van der Waals surface area contributed by atoms with Gasteiger partial charge in [-0.25, -0.2) is 4.79 Å². The van der Waals surface area contributed by atoms with E-state index in [1.165, 1.54) is 12.1 Å².